The number of nitrogens with zero attached hydrogens (tertiary/aromatic N) is 1. The van der Waals surface area contributed by atoms with Crippen LogP contribution in [0.5, 0.6) is 0 Å². The molecule has 0 unspecified atom stereocenters. The lowest BCUT2D eigenvalue weighted by atomic mass is 9.87. The molecular weight excluding hydrogens is 338 g/mol. The lowest BCUT2D eigenvalue weighted by molar-refractivity contribution is 0.559. The summed E-state index contributed by atoms with van der Waals surface area (Å²) in [5, 5.41) is 7.56. The van der Waals surface area contributed by atoms with E-state index >= 15 is 0 Å². The second kappa shape index (κ2) is 6.99. The maximum Gasteiger partial charge on any atom is 0.127 e. The molecule has 2 N–H and O–H groups in total. The predicted molar refractivity (Wildman–Crippen MR) is 115 cm³/mol. The Balaban J connectivity index is 1.70. The number of benzene rings is 2. The summed E-state index contributed by atoms with van der Waals surface area (Å²) in [5.74, 6) is 3.46. The monoisotopic (exact) mass is 365 g/mol. The van der Waals surface area contributed by atoms with Gasteiger partial charge in [0.2, 0.25) is 0 Å². The lowest BCUT2D eigenvalue weighted by Crippen LogP contribution is -2.54. The standard InChI is InChI=1S/C22H27N3S/c1-15-5-4-6-18(11-15)14-23-21-22(7-9-26-10-8-22)25-20-13-17(3)16(2)12-19(20)24-21/h4-6,11-13,25H,7-10,14H2,1-3H3,(H,23,24). The van der Waals surface area contributed by atoms with E-state index in [-0.39, 0.29) is 5.54 Å². The average Bonchev–Trinajstić information content (AvgIpc) is 2.62. The topological polar surface area (TPSA) is 36.4 Å². The van der Waals surface area contributed by atoms with Crippen LogP contribution in [0.2, 0.25) is 0 Å². The molecule has 2 aromatic rings. The summed E-state index contributed by atoms with van der Waals surface area (Å²) in [6.07, 6.45) is 2.23. The van der Waals surface area contributed by atoms with Crippen molar-refractivity contribution < 1.29 is 0 Å². The first-order valence-electron chi connectivity index (χ1n) is 9.40. The molecule has 2 aromatic carbocycles. The van der Waals surface area contributed by atoms with Gasteiger partial charge < -0.3 is 10.6 Å². The highest BCUT2D eigenvalue weighted by atomic mass is 32.2. The fourth-order valence-corrected chi connectivity index (χ4v) is 5.03. The van der Waals surface area contributed by atoms with Crippen LogP contribution in [-0.2, 0) is 6.54 Å². The van der Waals surface area contributed by atoms with Gasteiger partial charge in [0.25, 0.3) is 0 Å². The minimum atomic E-state index is -0.0518. The van der Waals surface area contributed by atoms with E-state index in [1.807, 2.05) is 11.8 Å². The summed E-state index contributed by atoms with van der Waals surface area (Å²) < 4.78 is 0. The zero-order valence-corrected chi connectivity index (χ0v) is 16.7. The number of fused-ring (bicyclic) bond motifs is 1. The Hall–Kier alpha value is -1.94. The number of hydrogen-bond acceptors (Lipinski definition) is 3. The molecule has 4 heteroatoms. The van der Waals surface area contributed by atoms with E-state index in [2.05, 4.69) is 67.8 Å². The van der Waals surface area contributed by atoms with Crippen LogP contribution in [-0.4, -0.2) is 22.9 Å². The van der Waals surface area contributed by atoms with Gasteiger partial charge in [-0.25, -0.2) is 0 Å². The molecule has 0 bridgehead atoms. The maximum atomic E-state index is 5.06. The molecular formula is C22H27N3S. The van der Waals surface area contributed by atoms with E-state index in [4.69, 9.17) is 4.99 Å². The summed E-state index contributed by atoms with van der Waals surface area (Å²) in [7, 11) is 0. The molecule has 1 fully saturated rings. The van der Waals surface area contributed by atoms with E-state index in [1.165, 1.54) is 39.4 Å². The zero-order valence-electron chi connectivity index (χ0n) is 15.9. The molecule has 0 radical (unpaired) electrons. The smallest absolute Gasteiger partial charge is 0.127 e. The molecule has 26 heavy (non-hydrogen) atoms. The Labute approximate surface area is 160 Å². The van der Waals surface area contributed by atoms with Crippen LogP contribution in [0.15, 0.2) is 41.4 Å². The minimum Gasteiger partial charge on any atom is -0.371 e. The molecule has 1 spiro atoms. The van der Waals surface area contributed by atoms with Crippen LogP contribution in [0.25, 0.3) is 0 Å². The van der Waals surface area contributed by atoms with E-state index in [0.29, 0.717) is 0 Å². The summed E-state index contributed by atoms with van der Waals surface area (Å²) in [5.41, 5.74) is 7.52. The first-order chi connectivity index (χ1) is 12.6. The van der Waals surface area contributed by atoms with Gasteiger partial charge in [-0.2, -0.15) is 11.8 Å². The number of amidine groups is 1. The number of nitrogens with one attached hydrogen (secondary N) is 2. The van der Waals surface area contributed by atoms with Gasteiger partial charge in [-0.1, -0.05) is 29.8 Å². The Morgan fingerprint density at radius 2 is 1.73 bits per heavy atom. The number of rotatable bonds is 2. The Morgan fingerprint density at radius 1 is 1.00 bits per heavy atom. The van der Waals surface area contributed by atoms with Gasteiger partial charge >= 0.3 is 0 Å². The molecule has 1 saturated heterocycles. The van der Waals surface area contributed by atoms with Crippen molar-refractivity contribution in [2.75, 3.05) is 22.1 Å². The van der Waals surface area contributed by atoms with Crippen molar-refractivity contribution in [1.29, 1.82) is 0 Å². The Morgan fingerprint density at radius 3 is 2.46 bits per heavy atom. The molecule has 2 aliphatic heterocycles. The molecule has 0 amide bonds. The summed E-state index contributed by atoms with van der Waals surface area (Å²) >= 11 is 2.05. The van der Waals surface area contributed by atoms with Gasteiger partial charge in [0.15, 0.2) is 0 Å². The largest absolute Gasteiger partial charge is 0.371 e. The molecule has 0 saturated carbocycles. The van der Waals surface area contributed by atoms with Gasteiger partial charge in [0, 0.05) is 0 Å². The molecule has 2 heterocycles. The molecule has 4 rings (SSSR count). The van der Waals surface area contributed by atoms with Crippen LogP contribution in [0.3, 0.4) is 0 Å². The molecule has 0 aromatic heterocycles. The molecule has 0 atom stereocenters. The molecule has 136 valence electrons. The molecule has 0 aliphatic carbocycles. The van der Waals surface area contributed by atoms with E-state index < -0.39 is 0 Å². The third-order valence-electron chi connectivity index (χ3n) is 5.56. The number of anilines is 2. The van der Waals surface area contributed by atoms with E-state index in [0.717, 1.165) is 30.9 Å². The van der Waals surface area contributed by atoms with E-state index in [1.54, 1.807) is 0 Å². The fourth-order valence-electron chi connectivity index (χ4n) is 3.84. The van der Waals surface area contributed by atoms with Crippen LogP contribution in [0.1, 0.15) is 35.1 Å². The normalized spacial score (nSPS) is 19.7. The zero-order chi connectivity index (χ0) is 18.1. The predicted octanol–water partition coefficient (Wildman–Crippen LogP) is 5.31. The first-order valence-corrected chi connectivity index (χ1v) is 10.6. The summed E-state index contributed by atoms with van der Waals surface area (Å²) in [6, 6.07) is 13.2. The number of thioether (sulfide) groups is 1. The second-order valence-electron chi connectivity index (χ2n) is 7.58. The van der Waals surface area contributed by atoms with Gasteiger partial charge in [-0.3, -0.25) is 4.99 Å². The van der Waals surface area contributed by atoms with Gasteiger partial charge in [0.05, 0.1) is 23.5 Å². The van der Waals surface area contributed by atoms with Gasteiger partial charge in [-0.15, -0.1) is 0 Å². The Kier molecular flexibility index (Phi) is 4.70. The maximum absolute atomic E-state index is 5.06. The highest BCUT2D eigenvalue weighted by molar-refractivity contribution is 7.99. The quantitative estimate of drug-likeness (QED) is 0.757. The van der Waals surface area contributed by atoms with Crippen LogP contribution >= 0.6 is 11.8 Å². The van der Waals surface area contributed by atoms with Crippen molar-refractivity contribution >= 4 is 29.0 Å². The summed E-state index contributed by atoms with van der Waals surface area (Å²) in [4.78, 5) is 5.06. The number of hydrogen-bond donors (Lipinski definition) is 2. The molecule has 3 nitrogen and oxygen atoms in total. The first kappa shape index (κ1) is 17.5. The van der Waals surface area contributed by atoms with Crippen molar-refractivity contribution in [2.45, 2.75) is 45.7 Å². The summed E-state index contributed by atoms with van der Waals surface area (Å²) in [6.45, 7) is 7.21. The van der Waals surface area contributed by atoms with Gasteiger partial charge in [0.1, 0.15) is 5.84 Å². The average molecular weight is 366 g/mol. The van der Waals surface area contributed by atoms with Gasteiger partial charge in [-0.05, 0) is 73.9 Å². The fraction of sp³-hybridized carbons (Fsp3) is 0.409. The van der Waals surface area contributed by atoms with Crippen molar-refractivity contribution in [3.63, 3.8) is 0 Å². The van der Waals surface area contributed by atoms with Crippen LogP contribution in [0.4, 0.5) is 11.4 Å². The van der Waals surface area contributed by atoms with Crippen molar-refractivity contribution in [3.05, 3.63) is 58.7 Å². The Bertz CT molecular complexity index is 850. The SMILES string of the molecule is Cc1cccc(CN=C2Nc3cc(C)c(C)cc3NC23CCSCC3)c1. The lowest BCUT2D eigenvalue weighted by Gasteiger charge is -2.44. The highest BCUT2D eigenvalue weighted by Crippen LogP contribution is 2.40. The highest BCUT2D eigenvalue weighted by Gasteiger charge is 2.41. The van der Waals surface area contributed by atoms with Crippen LogP contribution in [0, 0.1) is 20.8 Å². The number of aliphatic imine (C=N–C) groups is 1. The minimum absolute atomic E-state index is 0.0518. The third-order valence-corrected chi connectivity index (χ3v) is 6.55. The second-order valence-corrected chi connectivity index (χ2v) is 8.81. The molecule has 2 aliphatic rings. The number of aryl methyl sites for hydroxylation is 3. The van der Waals surface area contributed by atoms with Crippen molar-refractivity contribution in [2.24, 2.45) is 4.99 Å². The third kappa shape index (κ3) is 3.35. The van der Waals surface area contributed by atoms with Crippen molar-refractivity contribution in [3.8, 4) is 0 Å². The van der Waals surface area contributed by atoms with E-state index in [9.17, 15) is 0 Å². The van der Waals surface area contributed by atoms with Crippen molar-refractivity contribution in [1.82, 2.24) is 0 Å². The van der Waals surface area contributed by atoms with Crippen LogP contribution < -0.4 is 10.6 Å².